The molecule has 3 amide bonds. The molecule has 0 unspecified atom stereocenters. The number of rotatable bonds is 2. The molecular weight excluding hydrogens is 294 g/mol. The van der Waals surface area contributed by atoms with Crippen LogP contribution in [0.1, 0.15) is 44.9 Å². The number of hydrogen-bond acceptors (Lipinski definition) is 3. The van der Waals surface area contributed by atoms with Crippen molar-refractivity contribution in [2.45, 2.75) is 51.0 Å². The minimum atomic E-state index is 0.0510. The lowest BCUT2D eigenvalue weighted by Gasteiger charge is -2.37. The topological polar surface area (TPSA) is 61.9 Å². The summed E-state index contributed by atoms with van der Waals surface area (Å²) in [5.41, 5.74) is 0. The number of hydrogen-bond donors (Lipinski definition) is 1. The van der Waals surface area contributed by atoms with Crippen molar-refractivity contribution >= 4 is 11.9 Å². The standard InChI is InChI=1S/C17H29N3O3/c21-16(14-6-12-23-13-7-14)19-8-10-20(11-9-19)17(22)18-15-4-2-1-3-5-15/h14-15H,1-13H2,(H,18,22). The lowest BCUT2D eigenvalue weighted by atomic mass is 9.96. The Labute approximate surface area is 138 Å². The monoisotopic (exact) mass is 323 g/mol. The summed E-state index contributed by atoms with van der Waals surface area (Å²) >= 11 is 0. The van der Waals surface area contributed by atoms with Crippen LogP contribution in [0.2, 0.25) is 0 Å². The summed E-state index contributed by atoms with van der Waals surface area (Å²) in [6.45, 7) is 4.00. The molecule has 2 heterocycles. The molecular formula is C17H29N3O3. The highest BCUT2D eigenvalue weighted by Gasteiger charge is 2.30. The fraction of sp³-hybridized carbons (Fsp3) is 0.882. The van der Waals surface area contributed by atoms with Gasteiger partial charge in [0.05, 0.1) is 0 Å². The van der Waals surface area contributed by atoms with Gasteiger partial charge in [-0.2, -0.15) is 0 Å². The van der Waals surface area contributed by atoms with Crippen LogP contribution < -0.4 is 5.32 Å². The third-order valence-corrected chi connectivity index (χ3v) is 5.38. The molecule has 1 N–H and O–H groups in total. The molecule has 0 aromatic carbocycles. The van der Waals surface area contributed by atoms with Crippen molar-refractivity contribution in [1.82, 2.24) is 15.1 Å². The largest absolute Gasteiger partial charge is 0.381 e. The van der Waals surface area contributed by atoms with Gasteiger partial charge < -0.3 is 19.9 Å². The van der Waals surface area contributed by atoms with Crippen LogP contribution >= 0.6 is 0 Å². The number of carbonyl (C=O) groups excluding carboxylic acids is 2. The molecule has 1 saturated carbocycles. The van der Waals surface area contributed by atoms with Crippen molar-refractivity contribution < 1.29 is 14.3 Å². The third-order valence-electron chi connectivity index (χ3n) is 5.38. The van der Waals surface area contributed by atoms with Crippen LogP contribution in [0.3, 0.4) is 0 Å². The zero-order chi connectivity index (χ0) is 16.1. The SMILES string of the molecule is O=C(NC1CCCCC1)N1CCN(C(=O)C2CCOCC2)CC1. The maximum Gasteiger partial charge on any atom is 0.317 e. The van der Waals surface area contributed by atoms with E-state index in [9.17, 15) is 9.59 Å². The van der Waals surface area contributed by atoms with Crippen LogP contribution in [0, 0.1) is 5.92 Å². The number of nitrogens with one attached hydrogen (secondary N) is 1. The van der Waals surface area contributed by atoms with Crippen molar-refractivity contribution in [3.05, 3.63) is 0 Å². The van der Waals surface area contributed by atoms with Gasteiger partial charge in [0, 0.05) is 51.4 Å². The van der Waals surface area contributed by atoms with Crippen LogP contribution in [-0.2, 0) is 9.53 Å². The van der Waals surface area contributed by atoms with Crippen molar-refractivity contribution in [2.75, 3.05) is 39.4 Å². The molecule has 1 aliphatic carbocycles. The highest BCUT2D eigenvalue weighted by Crippen LogP contribution is 2.20. The summed E-state index contributed by atoms with van der Waals surface area (Å²) in [7, 11) is 0. The summed E-state index contributed by atoms with van der Waals surface area (Å²) < 4.78 is 5.33. The molecule has 0 aromatic rings. The van der Waals surface area contributed by atoms with Gasteiger partial charge in [0.2, 0.25) is 5.91 Å². The molecule has 0 radical (unpaired) electrons. The summed E-state index contributed by atoms with van der Waals surface area (Å²) in [4.78, 5) is 28.6. The zero-order valence-electron chi connectivity index (χ0n) is 14.0. The van der Waals surface area contributed by atoms with Crippen LogP contribution in [0.25, 0.3) is 0 Å². The molecule has 2 saturated heterocycles. The van der Waals surface area contributed by atoms with Crippen molar-refractivity contribution in [3.63, 3.8) is 0 Å². The van der Waals surface area contributed by atoms with Crippen LogP contribution in [0.15, 0.2) is 0 Å². The Morgan fingerprint density at radius 3 is 2.09 bits per heavy atom. The first-order valence-electron chi connectivity index (χ1n) is 9.16. The van der Waals surface area contributed by atoms with E-state index in [1.54, 1.807) is 0 Å². The molecule has 23 heavy (non-hydrogen) atoms. The van der Waals surface area contributed by atoms with Crippen molar-refractivity contribution in [1.29, 1.82) is 0 Å². The second-order valence-corrected chi connectivity index (χ2v) is 6.98. The van der Waals surface area contributed by atoms with Crippen LogP contribution in [0.4, 0.5) is 4.79 Å². The molecule has 130 valence electrons. The Hall–Kier alpha value is -1.30. The molecule has 6 heteroatoms. The van der Waals surface area contributed by atoms with E-state index in [-0.39, 0.29) is 17.9 Å². The maximum absolute atomic E-state index is 12.5. The quantitative estimate of drug-likeness (QED) is 0.839. The maximum atomic E-state index is 12.5. The predicted molar refractivity (Wildman–Crippen MR) is 87.1 cm³/mol. The molecule has 0 aromatic heterocycles. The minimum Gasteiger partial charge on any atom is -0.381 e. The number of ether oxygens (including phenoxy) is 1. The zero-order valence-corrected chi connectivity index (χ0v) is 14.0. The second-order valence-electron chi connectivity index (χ2n) is 6.98. The molecule has 0 spiro atoms. The van der Waals surface area contributed by atoms with E-state index in [0.29, 0.717) is 45.4 Å². The number of amides is 3. The van der Waals surface area contributed by atoms with E-state index in [0.717, 1.165) is 25.7 Å². The summed E-state index contributed by atoms with van der Waals surface area (Å²) in [6, 6.07) is 0.396. The average molecular weight is 323 g/mol. The Bertz CT molecular complexity index is 409. The first-order valence-corrected chi connectivity index (χ1v) is 9.16. The molecule has 2 aliphatic heterocycles. The van der Waals surface area contributed by atoms with Gasteiger partial charge in [-0.1, -0.05) is 19.3 Å². The van der Waals surface area contributed by atoms with Gasteiger partial charge in [-0.25, -0.2) is 4.79 Å². The van der Waals surface area contributed by atoms with Crippen LogP contribution in [-0.4, -0.2) is 67.2 Å². The number of piperazine rings is 1. The molecule has 3 fully saturated rings. The second kappa shape index (κ2) is 7.99. The van der Waals surface area contributed by atoms with Gasteiger partial charge in [-0.15, -0.1) is 0 Å². The van der Waals surface area contributed by atoms with Crippen molar-refractivity contribution in [2.24, 2.45) is 5.92 Å². The van der Waals surface area contributed by atoms with Gasteiger partial charge in [0.1, 0.15) is 0 Å². The van der Waals surface area contributed by atoms with E-state index in [1.165, 1.54) is 19.3 Å². The highest BCUT2D eigenvalue weighted by molar-refractivity contribution is 5.80. The van der Waals surface area contributed by atoms with E-state index in [1.807, 2.05) is 9.80 Å². The third kappa shape index (κ3) is 4.37. The smallest absolute Gasteiger partial charge is 0.317 e. The van der Waals surface area contributed by atoms with Gasteiger partial charge in [-0.05, 0) is 25.7 Å². The van der Waals surface area contributed by atoms with E-state index >= 15 is 0 Å². The number of carbonyl (C=O) groups is 2. The average Bonchev–Trinajstić information content (AvgIpc) is 2.63. The Balaban J connectivity index is 1.42. The van der Waals surface area contributed by atoms with Crippen molar-refractivity contribution in [3.8, 4) is 0 Å². The fourth-order valence-corrected chi connectivity index (χ4v) is 3.85. The summed E-state index contributed by atoms with van der Waals surface area (Å²) in [5, 5.41) is 3.16. The molecule has 0 atom stereocenters. The molecule has 0 bridgehead atoms. The van der Waals surface area contributed by atoms with E-state index in [2.05, 4.69) is 5.32 Å². The molecule has 3 aliphatic rings. The first kappa shape index (κ1) is 16.6. The van der Waals surface area contributed by atoms with Gasteiger partial charge >= 0.3 is 6.03 Å². The van der Waals surface area contributed by atoms with E-state index < -0.39 is 0 Å². The normalized spacial score (nSPS) is 24.5. The highest BCUT2D eigenvalue weighted by atomic mass is 16.5. The molecule has 3 rings (SSSR count). The Morgan fingerprint density at radius 1 is 0.826 bits per heavy atom. The van der Waals surface area contributed by atoms with E-state index in [4.69, 9.17) is 4.74 Å². The lowest BCUT2D eigenvalue weighted by Crippen LogP contribution is -2.55. The summed E-state index contributed by atoms with van der Waals surface area (Å²) in [5.74, 6) is 0.368. The Kier molecular flexibility index (Phi) is 5.75. The lowest BCUT2D eigenvalue weighted by molar-refractivity contribution is -0.140. The Morgan fingerprint density at radius 2 is 1.43 bits per heavy atom. The molecule has 6 nitrogen and oxygen atoms in total. The number of urea groups is 1. The number of nitrogens with zero attached hydrogens (tertiary/aromatic N) is 2. The first-order chi connectivity index (χ1) is 11.2. The predicted octanol–water partition coefficient (Wildman–Crippen LogP) is 1.60. The van der Waals surface area contributed by atoms with Crippen LogP contribution in [0.5, 0.6) is 0 Å². The fourth-order valence-electron chi connectivity index (χ4n) is 3.85. The van der Waals surface area contributed by atoms with Gasteiger partial charge in [0.15, 0.2) is 0 Å². The van der Waals surface area contributed by atoms with Gasteiger partial charge in [0.25, 0.3) is 0 Å². The summed E-state index contributed by atoms with van der Waals surface area (Å²) in [6.07, 6.45) is 7.61. The minimum absolute atomic E-state index is 0.0510. The van der Waals surface area contributed by atoms with Gasteiger partial charge in [-0.3, -0.25) is 4.79 Å².